The van der Waals surface area contributed by atoms with Gasteiger partial charge in [-0.1, -0.05) is 0 Å². The van der Waals surface area contributed by atoms with Crippen LogP contribution < -0.4 is 14.7 Å². The smallest absolute Gasteiger partial charge is 0.335 e. The van der Waals surface area contributed by atoms with E-state index in [0.29, 0.717) is 24.2 Å². The summed E-state index contributed by atoms with van der Waals surface area (Å²) in [5.74, 6) is 1.22. The van der Waals surface area contributed by atoms with Gasteiger partial charge in [0.15, 0.2) is 5.82 Å². The maximum Gasteiger partial charge on any atom is 0.335 e. The summed E-state index contributed by atoms with van der Waals surface area (Å²) in [6.45, 7) is 11.3. The fourth-order valence-electron chi connectivity index (χ4n) is 9.35. The van der Waals surface area contributed by atoms with Crippen LogP contribution in [0.2, 0.25) is 0 Å². The molecule has 0 spiro atoms. The van der Waals surface area contributed by atoms with Gasteiger partial charge in [0.2, 0.25) is 5.91 Å². The molecule has 3 saturated heterocycles. The standard InChI is InChI=1S/C42H51N9O4/c1-29(52)49-18-12-38-36(28-49)41(45-51(38)35-13-23-55-24-14-35)50-15-2-3-31-25-37(43-27-39(31)50)32-6-9-40(44-26-32)48-16-10-34(11-17-48)47-21-19-46(20-22-47)33-7-4-30(5-8-33)42(53)54/h4-9,25-27,34-35H,2-3,10-24,28H2,1H3,(H,53,54). The highest BCUT2D eigenvalue weighted by Crippen LogP contribution is 2.40. The van der Waals surface area contributed by atoms with Crippen molar-refractivity contribution in [1.82, 2.24) is 29.5 Å². The Morgan fingerprint density at radius 2 is 1.58 bits per heavy atom. The summed E-state index contributed by atoms with van der Waals surface area (Å²) < 4.78 is 7.95. The van der Waals surface area contributed by atoms with E-state index in [1.54, 1.807) is 19.1 Å². The first-order chi connectivity index (χ1) is 26.9. The van der Waals surface area contributed by atoms with Crippen molar-refractivity contribution in [2.24, 2.45) is 0 Å². The molecule has 5 aliphatic rings. The predicted molar refractivity (Wildman–Crippen MR) is 211 cm³/mol. The van der Waals surface area contributed by atoms with Gasteiger partial charge in [-0.3, -0.25) is 19.4 Å². The number of amides is 1. The molecule has 1 N–H and O–H groups in total. The highest BCUT2D eigenvalue weighted by atomic mass is 16.5. The molecule has 1 aromatic carbocycles. The third kappa shape index (κ3) is 7.15. The average Bonchev–Trinajstić information content (AvgIpc) is 3.62. The SMILES string of the molecule is CC(=O)N1CCc2c(c(N3CCCc4cc(-c5ccc(N6CCC(N7CCN(c8ccc(C(=O)O)cc8)CC7)CC6)nc5)ncc43)nn2C2CCOCC2)C1. The van der Waals surface area contributed by atoms with Crippen molar-refractivity contribution in [2.45, 2.75) is 70.5 Å². The molecule has 13 nitrogen and oxygen atoms in total. The Kier molecular flexibility index (Phi) is 9.90. The van der Waals surface area contributed by atoms with Crippen LogP contribution in [0, 0.1) is 0 Å². The number of hydrogen-bond donors (Lipinski definition) is 1. The number of fused-ring (bicyclic) bond motifs is 2. The van der Waals surface area contributed by atoms with Gasteiger partial charge in [-0.15, -0.1) is 0 Å². The van der Waals surface area contributed by atoms with Crippen LogP contribution in [0.15, 0.2) is 54.9 Å². The van der Waals surface area contributed by atoms with Crippen LogP contribution in [0.4, 0.5) is 23.0 Å². The first kappa shape index (κ1) is 35.7. The summed E-state index contributed by atoms with van der Waals surface area (Å²) >= 11 is 0. The fourth-order valence-corrected chi connectivity index (χ4v) is 9.35. The highest BCUT2D eigenvalue weighted by molar-refractivity contribution is 5.88. The second kappa shape index (κ2) is 15.3. The molecule has 0 aliphatic carbocycles. The normalized spacial score (nSPS) is 20.0. The second-order valence-electron chi connectivity index (χ2n) is 15.7. The van der Waals surface area contributed by atoms with Gasteiger partial charge in [0, 0.05) is 114 Å². The molecule has 55 heavy (non-hydrogen) atoms. The summed E-state index contributed by atoms with van der Waals surface area (Å²) in [6, 6.07) is 14.7. The monoisotopic (exact) mass is 745 g/mol. The van der Waals surface area contributed by atoms with E-state index in [-0.39, 0.29) is 5.91 Å². The molecule has 1 amide bonds. The van der Waals surface area contributed by atoms with Crippen LogP contribution in [-0.2, 0) is 28.9 Å². The number of ether oxygens (including phenoxy) is 1. The number of aromatic carboxylic acids is 1. The number of hydrogen-bond acceptors (Lipinski definition) is 10. The Labute approximate surface area is 322 Å². The van der Waals surface area contributed by atoms with Gasteiger partial charge in [-0.2, -0.15) is 5.10 Å². The van der Waals surface area contributed by atoms with Crippen molar-refractivity contribution in [1.29, 1.82) is 0 Å². The maximum atomic E-state index is 12.5. The summed E-state index contributed by atoms with van der Waals surface area (Å²) in [5, 5.41) is 14.5. The molecule has 13 heteroatoms. The molecule has 5 aliphatic heterocycles. The van der Waals surface area contributed by atoms with Gasteiger partial charge >= 0.3 is 5.97 Å². The minimum absolute atomic E-state index is 0.112. The van der Waals surface area contributed by atoms with Crippen LogP contribution >= 0.6 is 0 Å². The van der Waals surface area contributed by atoms with E-state index in [1.807, 2.05) is 29.4 Å². The Balaban J connectivity index is 0.846. The van der Waals surface area contributed by atoms with E-state index in [1.165, 1.54) is 16.8 Å². The number of carbonyl (C=O) groups is 2. The predicted octanol–water partition coefficient (Wildman–Crippen LogP) is 5.17. The Bertz CT molecular complexity index is 2010. The Morgan fingerprint density at radius 3 is 2.29 bits per heavy atom. The van der Waals surface area contributed by atoms with Crippen LogP contribution in [0.1, 0.15) is 72.2 Å². The molecule has 3 fully saturated rings. The second-order valence-corrected chi connectivity index (χ2v) is 15.7. The number of benzene rings is 1. The molecular formula is C42H51N9O4. The van der Waals surface area contributed by atoms with Gasteiger partial charge in [-0.05, 0) is 86.6 Å². The van der Waals surface area contributed by atoms with Gasteiger partial charge in [0.25, 0.3) is 0 Å². The number of carboxylic acid groups (broad SMARTS) is 1. The minimum Gasteiger partial charge on any atom is -0.478 e. The fraction of sp³-hybridized carbons (Fsp3) is 0.500. The summed E-state index contributed by atoms with van der Waals surface area (Å²) in [7, 11) is 0. The van der Waals surface area contributed by atoms with Crippen molar-refractivity contribution >= 4 is 34.9 Å². The number of piperidine rings is 1. The van der Waals surface area contributed by atoms with E-state index < -0.39 is 5.97 Å². The molecule has 0 atom stereocenters. The lowest BCUT2D eigenvalue weighted by molar-refractivity contribution is -0.129. The van der Waals surface area contributed by atoms with Gasteiger partial charge in [-0.25, -0.2) is 9.78 Å². The molecule has 9 rings (SSSR count). The zero-order chi connectivity index (χ0) is 37.5. The van der Waals surface area contributed by atoms with Gasteiger partial charge < -0.3 is 29.4 Å². The van der Waals surface area contributed by atoms with E-state index >= 15 is 0 Å². The van der Waals surface area contributed by atoms with E-state index in [0.717, 1.165) is 145 Å². The largest absolute Gasteiger partial charge is 0.478 e. The molecule has 0 unspecified atom stereocenters. The molecule has 288 valence electrons. The number of aryl methyl sites for hydroxylation is 1. The van der Waals surface area contributed by atoms with Crippen molar-refractivity contribution in [2.75, 3.05) is 80.3 Å². The Hall–Kier alpha value is -5.01. The van der Waals surface area contributed by atoms with Crippen molar-refractivity contribution in [3.05, 3.63) is 77.2 Å². The third-order valence-corrected chi connectivity index (χ3v) is 12.5. The molecule has 4 aromatic rings. The number of aromatic nitrogens is 4. The molecule has 0 radical (unpaired) electrons. The van der Waals surface area contributed by atoms with Crippen LogP contribution in [0.25, 0.3) is 11.3 Å². The molecule has 3 aromatic heterocycles. The van der Waals surface area contributed by atoms with Crippen molar-refractivity contribution in [3.8, 4) is 11.3 Å². The number of nitrogens with zero attached hydrogens (tertiary/aromatic N) is 9. The molecular weight excluding hydrogens is 695 g/mol. The van der Waals surface area contributed by atoms with Crippen molar-refractivity contribution in [3.63, 3.8) is 0 Å². The number of pyridine rings is 2. The van der Waals surface area contributed by atoms with E-state index in [2.05, 4.69) is 42.5 Å². The highest BCUT2D eigenvalue weighted by Gasteiger charge is 2.34. The average molecular weight is 746 g/mol. The molecule has 8 heterocycles. The lowest BCUT2D eigenvalue weighted by Crippen LogP contribution is -2.53. The number of carboxylic acids is 1. The number of anilines is 4. The first-order valence-corrected chi connectivity index (χ1v) is 20.1. The number of rotatable bonds is 7. The van der Waals surface area contributed by atoms with Crippen LogP contribution in [-0.4, -0.2) is 118 Å². The van der Waals surface area contributed by atoms with Crippen molar-refractivity contribution < 1.29 is 19.4 Å². The zero-order valence-corrected chi connectivity index (χ0v) is 31.8. The van der Waals surface area contributed by atoms with Crippen LogP contribution in [0.3, 0.4) is 0 Å². The van der Waals surface area contributed by atoms with Gasteiger partial charge in [0.1, 0.15) is 5.82 Å². The maximum absolute atomic E-state index is 12.5. The Morgan fingerprint density at radius 1 is 0.800 bits per heavy atom. The van der Waals surface area contributed by atoms with E-state index in [4.69, 9.17) is 19.8 Å². The topological polar surface area (TPSA) is 123 Å². The summed E-state index contributed by atoms with van der Waals surface area (Å²) in [4.78, 5) is 45.3. The quantitative estimate of drug-likeness (QED) is 0.270. The third-order valence-electron chi connectivity index (χ3n) is 12.5. The molecule has 0 bridgehead atoms. The number of carbonyl (C=O) groups excluding carboxylic acids is 1. The summed E-state index contributed by atoms with van der Waals surface area (Å²) in [5.41, 5.74) is 8.21. The lowest BCUT2D eigenvalue weighted by atomic mass is 9.99. The minimum atomic E-state index is -0.886. The first-order valence-electron chi connectivity index (χ1n) is 20.1. The van der Waals surface area contributed by atoms with E-state index in [9.17, 15) is 14.7 Å². The number of piperazine rings is 1. The van der Waals surface area contributed by atoms with Crippen LogP contribution in [0.5, 0.6) is 0 Å². The summed E-state index contributed by atoms with van der Waals surface area (Å²) in [6.07, 6.45) is 11.0. The lowest BCUT2D eigenvalue weighted by Gasteiger charge is -2.43. The van der Waals surface area contributed by atoms with Gasteiger partial charge in [0.05, 0.1) is 35.7 Å². The zero-order valence-electron chi connectivity index (χ0n) is 31.8. The molecule has 0 saturated carbocycles.